The molecular weight excluding hydrogens is 330 g/mol. The molecule has 1 aromatic carbocycles. The van der Waals surface area contributed by atoms with Crippen LogP contribution in [0.3, 0.4) is 0 Å². The van der Waals surface area contributed by atoms with Gasteiger partial charge in [0.1, 0.15) is 5.75 Å². The molecular formula is C15H13N5O3S. The van der Waals surface area contributed by atoms with Crippen molar-refractivity contribution in [3.63, 3.8) is 0 Å². The normalized spacial score (nSPS) is 10.3. The number of nitrogens with zero attached hydrogens (tertiary/aromatic N) is 4. The molecule has 0 saturated carbocycles. The van der Waals surface area contributed by atoms with Crippen molar-refractivity contribution in [2.45, 2.75) is 11.8 Å². The molecule has 3 aromatic rings. The Morgan fingerprint density at radius 1 is 1.12 bits per heavy atom. The zero-order valence-corrected chi connectivity index (χ0v) is 13.3. The summed E-state index contributed by atoms with van der Waals surface area (Å²) in [6.45, 7) is 0.168. The van der Waals surface area contributed by atoms with Crippen LogP contribution in [0.5, 0.6) is 5.75 Å². The van der Waals surface area contributed by atoms with Gasteiger partial charge in [0.05, 0.1) is 5.75 Å². The molecule has 0 spiro atoms. The van der Waals surface area contributed by atoms with E-state index in [0.717, 1.165) is 11.8 Å². The first-order chi connectivity index (χ1) is 11.8. The number of thioether (sulfide) groups is 1. The van der Waals surface area contributed by atoms with E-state index in [1.807, 2.05) is 30.3 Å². The second kappa shape index (κ2) is 8.06. The van der Waals surface area contributed by atoms with Crippen LogP contribution in [-0.2, 0) is 11.4 Å². The highest BCUT2D eigenvalue weighted by atomic mass is 32.2. The fourth-order valence-corrected chi connectivity index (χ4v) is 2.25. The summed E-state index contributed by atoms with van der Waals surface area (Å²) < 4.78 is 10.9. The van der Waals surface area contributed by atoms with Gasteiger partial charge in [-0.1, -0.05) is 30.0 Å². The van der Waals surface area contributed by atoms with E-state index >= 15 is 0 Å². The monoisotopic (exact) mass is 343 g/mol. The summed E-state index contributed by atoms with van der Waals surface area (Å²) in [4.78, 5) is 19.6. The highest BCUT2D eigenvalue weighted by molar-refractivity contribution is 7.99. The smallest absolute Gasteiger partial charge is 0.277 e. The van der Waals surface area contributed by atoms with Crippen LogP contribution in [0.25, 0.3) is 0 Å². The lowest BCUT2D eigenvalue weighted by atomic mass is 10.3. The van der Waals surface area contributed by atoms with Crippen LogP contribution in [0.2, 0.25) is 0 Å². The maximum Gasteiger partial charge on any atom is 0.277 e. The minimum Gasteiger partial charge on any atom is -0.484 e. The molecule has 0 radical (unpaired) electrons. The van der Waals surface area contributed by atoms with E-state index in [1.165, 1.54) is 0 Å². The van der Waals surface area contributed by atoms with Gasteiger partial charge in [0, 0.05) is 12.4 Å². The summed E-state index contributed by atoms with van der Waals surface area (Å²) in [5.74, 6) is 1.16. The average Bonchev–Trinajstić information content (AvgIpc) is 3.08. The predicted molar refractivity (Wildman–Crippen MR) is 86.5 cm³/mol. The summed E-state index contributed by atoms with van der Waals surface area (Å²) >= 11 is 1.13. The molecule has 1 N–H and O–H groups in total. The molecule has 1 amide bonds. The Kier molecular flexibility index (Phi) is 5.36. The predicted octanol–water partition coefficient (Wildman–Crippen LogP) is 2.17. The van der Waals surface area contributed by atoms with Crippen LogP contribution in [-0.4, -0.2) is 31.8 Å². The van der Waals surface area contributed by atoms with E-state index in [-0.39, 0.29) is 24.2 Å². The van der Waals surface area contributed by atoms with Crippen molar-refractivity contribution in [3.05, 3.63) is 54.7 Å². The van der Waals surface area contributed by atoms with Gasteiger partial charge >= 0.3 is 0 Å². The Labute approximate surface area is 141 Å². The molecule has 0 aliphatic heterocycles. The first-order valence-corrected chi connectivity index (χ1v) is 7.98. The van der Waals surface area contributed by atoms with Crippen molar-refractivity contribution in [2.75, 3.05) is 11.1 Å². The lowest BCUT2D eigenvalue weighted by Crippen LogP contribution is -2.15. The molecule has 9 heteroatoms. The maximum atomic E-state index is 11.8. The molecule has 2 heterocycles. The van der Waals surface area contributed by atoms with Crippen LogP contribution >= 0.6 is 11.8 Å². The maximum absolute atomic E-state index is 11.8. The first-order valence-electron chi connectivity index (χ1n) is 6.99. The highest BCUT2D eigenvalue weighted by Crippen LogP contribution is 2.17. The second-order valence-corrected chi connectivity index (χ2v) is 5.40. The summed E-state index contributed by atoms with van der Waals surface area (Å²) in [6, 6.07) is 11.0. The quantitative estimate of drug-likeness (QED) is 0.651. The van der Waals surface area contributed by atoms with E-state index < -0.39 is 0 Å². The second-order valence-electron chi connectivity index (χ2n) is 4.47. The highest BCUT2D eigenvalue weighted by Gasteiger charge is 2.11. The topological polar surface area (TPSA) is 103 Å². The summed E-state index contributed by atoms with van der Waals surface area (Å²) in [5.41, 5.74) is 0. The lowest BCUT2D eigenvalue weighted by Gasteiger charge is -2.01. The molecule has 24 heavy (non-hydrogen) atoms. The summed E-state index contributed by atoms with van der Waals surface area (Å²) in [6.07, 6.45) is 3.10. The van der Waals surface area contributed by atoms with Gasteiger partial charge in [-0.3, -0.25) is 10.1 Å². The van der Waals surface area contributed by atoms with Crippen molar-refractivity contribution in [1.29, 1.82) is 0 Å². The van der Waals surface area contributed by atoms with Crippen LogP contribution in [0.1, 0.15) is 5.89 Å². The number of para-hydroxylation sites is 1. The molecule has 0 unspecified atom stereocenters. The number of hydrogen-bond acceptors (Lipinski definition) is 8. The Bertz CT molecular complexity index is 782. The molecule has 122 valence electrons. The Morgan fingerprint density at radius 2 is 1.92 bits per heavy atom. The van der Waals surface area contributed by atoms with Crippen molar-refractivity contribution in [2.24, 2.45) is 0 Å². The lowest BCUT2D eigenvalue weighted by molar-refractivity contribution is -0.113. The minimum atomic E-state index is -0.258. The number of anilines is 1. The van der Waals surface area contributed by atoms with Crippen molar-refractivity contribution in [1.82, 2.24) is 20.2 Å². The minimum absolute atomic E-state index is 0.111. The van der Waals surface area contributed by atoms with Gasteiger partial charge in [-0.15, -0.1) is 10.2 Å². The van der Waals surface area contributed by atoms with Crippen molar-refractivity contribution < 1.29 is 13.9 Å². The third-order valence-electron chi connectivity index (χ3n) is 2.70. The fourth-order valence-electron chi connectivity index (χ4n) is 1.67. The van der Waals surface area contributed by atoms with Gasteiger partial charge in [-0.05, 0) is 18.2 Å². The van der Waals surface area contributed by atoms with E-state index in [2.05, 4.69) is 25.5 Å². The Morgan fingerprint density at radius 3 is 2.71 bits per heavy atom. The summed E-state index contributed by atoms with van der Waals surface area (Å²) in [7, 11) is 0. The zero-order valence-electron chi connectivity index (χ0n) is 12.5. The number of carbonyl (C=O) groups excluding carboxylic acids is 1. The summed E-state index contributed by atoms with van der Waals surface area (Å²) in [5, 5.41) is 10.6. The molecule has 2 aromatic heterocycles. The van der Waals surface area contributed by atoms with E-state index in [4.69, 9.17) is 9.15 Å². The van der Waals surface area contributed by atoms with Gasteiger partial charge < -0.3 is 9.15 Å². The van der Waals surface area contributed by atoms with Crippen molar-refractivity contribution in [3.8, 4) is 5.75 Å². The number of rotatable bonds is 7. The van der Waals surface area contributed by atoms with Crippen molar-refractivity contribution >= 4 is 23.6 Å². The number of hydrogen-bond donors (Lipinski definition) is 1. The Balaban J connectivity index is 1.45. The third kappa shape index (κ3) is 4.78. The third-order valence-corrected chi connectivity index (χ3v) is 3.52. The van der Waals surface area contributed by atoms with Gasteiger partial charge in [0.2, 0.25) is 11.9 Å². The van der Waals surface area contributed by atoms with Crippen LogP contribution in [0.15, 0.2) is 58.4 Å². The SMILES string of the molecule is O=C(CSc1nnc(COc2ccccc2)o1)Nc1ncccn1. The number of ether oxygens (including phenoxy) is 1. The molecule has 0 bridgehead atoms. The number of nitrogens with one attached hydrogen (secondary N) is 1. The van der Waals surface area contributed by atoms with E-state index in [9.17, 15) is 4.79 Å². The molecule has 3 rings (SSSR count). The van der Waals surface area contributed by atoms with E-state index in [1.54, 1.807) is 18.5 Å². The van der Waals surface area contributed by atoms with Crippen LogP contribution < -0.4 is 10.1 Å². The van der Waals surface area contributed by atoms with Crippen LogP contribution in [0, 0.1) is 0 Å². The number of carbonyl (C=O) groups is 1. The standard InChI is InChI=1S/C15H13N5O3S/c21-12(18-14-16-7-4-8-17-14)10-24-15-20-19-13(23-15)9-22-11-5-2-1-3-6-11/h1-8H,9-10H2,(H,16,17,18,21). The molecule has 0 fully saturated rings. The molecule has 0 saturated heterocycles. The van der Waals surface area contributed by atoms with Gasteiger partial charge in [-0.25, -0.2) is 9.97 Å². The van der Waals surface area contributed by atoms with Gasteiger partial charge in [-0.2, -0.15) is 0 Å². The largest absolute Gasteiger partial charge is 0.484 e. The van der Waals surface area contributed by atoms with Gasteiger partial charge in [0.25, 0.3) is 11.1 Å². The first kappa shape index (κ1) is 15.9. The molecule has 0 aliphatic carbocycles. The number of aromatic nitrogens is 4. The molecule has 8 nitrogen and oxygen atoms in total. The molecule has 0 aliphatic rings. The van der Waals surface area contributed by atoms with Gasteiger partial charge in [0.15, 0.2) is 6.61 Å². The average molecular weight is 343 g/mol. The number of benzene rings is 1. The Hall–Kier alpha value is -2.94. The van der Waals surface area contributed by atoms with E-state index in [0.29, 0.717) is 16.9 Å². The van der Waals surface area contributed by atoms with Crippen LogP contribution in [0.4, 0.5) is 5.95 Å². The zero-order chi connectivity index (χ0) is 16.6. The molecule has 0 atom stereocenters. The number of amides is 1. The fraction of sp³-hybridized carbons (Fsp3) is 0.133.